The standard InChI is InChI=1S/C18H27N5O2S/c1-3-5-12-10-13(23-7-4-6-22(8-9-23)11(2)24)21-18-14(12)15(19)16(26-18)17(20)25/h10,15-16H,3-9,19H2,1-2H3,(H2,20,25). The number of nitrogens with two attached hydrogens (primary N) is 2. The van der Waals surface area contributed by atoms with Crippen LogP contribution in [0, 0.1) is 0 Å². The van der Waals surface area contributed by atoms with Crippen LogP contribution >= 0.6 is 11.8 Å². The summed E-state index contributed by atoms with van der Waals surface area (Å²) in [4.78, 5) is 32.3. The number of aromatic nitrogens is 1. The number of thioether (sulfide) groups is 1. The molecular weight excluding hydrogens is 350 g/mol. The monoisotopic (exact) mass is 377 g/mol. The summed E-state index contributed by atoms with van der Waals surface area (Å²) in [7, 11) is 0. The van der Waals surface area contributed by atoms with E-state index in [0.29, 0.717) is 6.54 Å². The lowest BCUT2D eigenvalue weighted by atomic mass is 9.97. The highest BCUT2D eigenvalue weighted by atomic mass is 32.2. The molecule has 0 bridgehead atoms. The number of amides is 2. The Morgan fingerprint density at radius 1 is 1.31 bits per heavy atom. The van der Waals surface area contributed by atoms with Crippen LogP contribution in [0.3, 0.4) is 0 Å². The van der Waals surface area contributed by atoms with Crippen molar-refractivity contribution in [2.75, 3.05) is 31.1 Å². The van der Waals surface area contributed by atoms with Gasteiger partial charge in [0, 0.05) is 38.7 Å². The van der Waals surface area contributed by atoms with E-state index in [2.05, 4.69) is 17.9 Å². The molecule has 26 heavy (non-hydrogen) atoms. The Morgan fingerprint density at radius 2 is 2.08 bits per heavy atom. The second kappa shape index (κ2) is 7.84. The zero-order valence-electron chi connectivity index (χ0n) is 15.4. The highest BCUT2D eigenvalue weighted by Crippen LogP contribution is 2.44. The molecule has 1 fully saturated rings. The number of aryl methyl sites for hydroxylation is 1. The normalized spacial score (nSPS) is 22.9. The Hall–Kier alpha value is -1.80. The maximum absolute atomic E-state index is 11.7. The Balaban J connectivity index is 1.90. The van der Waals surface area contributed by atoms with E-state index in [4.69, 9.17) is 16.5 Å². The minimum atomic E-state index is -0.458. The molecule has 3 rings (SSSR count). The molecule has 1 saturated heterocycles. The van der Waals surface area contributed by atoms with E-state index in [9.17, 15) is 9.59 Å². The third-order valence-corrected chi connectivity index (χ3v) is 6.37. The van der Waals surface area contributed by atoms with Gasteiger partial charge in [0.25, 0.3) is 0 Å². The number of nitrogens with zero attached hydrogens (tertiary/aromatic N) is 3. The molecule has 2 amide bonds. The predicted molar refractivity (Wildman–Crippen MR) is 103 cm³/mol. The molecule has 2 aliphatic heterocycles. The molecule has 2 unspecified atom stereocenters. The number of fused-ring (bicyclic) bond motifs is 1. The maximum atomic E-state index is 11.7. The molecule has 1 aromatic heterocycles. The summed E-state index contributed by atoms with van der Waals surface area (Å²) in [5, 5.41) is 0.371. The highest BCUT2D eigenvalue weighted by Gasteiger charge is 2.38. The van der Waals surface area contributed by atoms with Gasteiger partial charge >= 0.3 is 0 Å². The van der Waals surface area contributed by atoms with Crippen LogP contribution < -0.4 is 16.4 Å². The average Bonchev–Trinajstić information content (AvgIpc) is 2.78. The molecule has 0 aromatic carbocycles. The van der Waals surface area contributed by atoms with Crippen molar-refractivity contribution in [1.29, 1.82) is 0 Å². The average molecular weight is 378 g/mol. The van der Waals surface area contributed by atoms with Gasteiger partial charge in [-0.3, -0.25) is 9.59 Å². The van der Waals surface area contributed by atoms with E-state index in [1.165, 1.54) is 11.8 Å². The van der Waals surface area contributed by atoms with E-state index in [1.807, 2.05) is 4.90 Å². The number of anilines is 1. The number of hydrogen-bond acceptors (Lipinski definition) is 6. The highest BCUT2D eigenvalue weighted by molar-refractivity contribution is 8.01. The lowest BCUT2D eigenvalue weighted by molar-refractivity contribution is -0.128. The van der Waals surface area contributed by atoms with Gasteiger partial charge in [-0.2, -0.15) is 0 Å². The van der Waals surface area contributed by atoms with E-state index >= 15 is 0 Å². The first-order chi connectivity index (χ1) is 12.4. The van der Waals surface area contributed by atoms with Crippen LogP contribution in [0.1, 0.15) is 43.9 Å². The van der Waals surface area contributed by atoms with Gasteiger partial charge in [-0.05, 0) is 24.5 Å². The van der Waals surface area contributed by atoms with Crippen molar-refractivity contribution in [3.05, 3.63) is 17.2 Å². The van der Waals surface area contributed by atoms with E-state index in [1.54, 1.807) is 6.92 Å². The number of carbonyl (C=O) groups is 2. The largest absolute Gasteiger partial charge is 0.369 e. The van der Waals surface area contributed by atoms with Crippen molar-refractivity contribution in [2.45, 2.75) is 49.4 Å². The summed E-state index contributed by atoms with van der Waals surface area (Å²) in [6.45, 7) is 6.84. The fraction of sp³-hybridized carbons (Fsp3) is 0.611. The summed E-state index contributed by atoms with van der Waals surface area (Å²) in [6, 6.07) is 1.71. The lowest BCUT2D eigenvalue weighted by Crippen LogP contribution is -2.34. The van der Waals surface area contributed by atoms with Crippen LogP contribution in [-0.2, 0) is 16.0 Å². The second-order valence-corrected chi connectivity index (χ2v) is 8.05. The first-order valence-corrected chi connectivity index (χ1v) is 10.1. The summed E-state index contributed by atoms with van der Waals surface area (Å²) >= 11 is 1.38. The second-order valence-electron chi connectivity index (χ2n) is 6.92. The van der Waals surface area contributed by atoms with Gasteiger partial charge in [0.2, 0.25) is 11.8 Å². The van der Waals surface area contributed by atoms with Crippen LogP contribution in [-0.4, -0.2) is 53.1 Å². The van der Waals surface area contributed by atoms with Crippen LogP contribution in [0.15, 0.2) is 11.1 Å². The van der Waals surface area contributed by atoms with Crippen molar-refractivity contribution < 1.29 is 9.59 Å². The van der Waals surface area contributed by atoms with Crippen LogP contribution in [0.5, 0.6) is 0 Å². The first-order valence-electron chi connectivity index (χ1n) is 9.18. The van der Waals surface area contributed by atoms with Gasteiger partial charge in [-0.25, -0.2) is 4.98 Å². The molecule has 8 heteroatoms. The van der Waals surface area contributed by atoms with Crippen molar-refractivity contribution in [3.63, 3.8) is 0 Å². The summed E-state index contributed by atoms with van der Waals surface area (Å²) < 4.78 is 0. The molecule has 3 heterocycles. The van der Waals surface area contributed by atoms with Gasteiger partial charge in [0.05, 0.1) is 6.04 Å². The summed E-state index contributed by atoms with van der Waals surface area (Å²) in [6.07, 6.45) is 2.80. The number of rotatable bonds is 4. The van der Waals surface area contributed by atoms with Crippen LogP contribution in [0.2, 0.25) is 0 Å². The van der Waals surface area contributed by atoms with Crippen molar-refractivity contribution in [3.8, 4) is 0 Å². The summed E-state index contributed by atoms with van der Waals surface area (Å²) in [5.41, 5.74) is 14.0. The number of pyridine rings is 1. The van der Waals surface area contributed by atoms with Gasteiger partial charge in [0.15, 0.2) is 0 Å². The zero-order valence-corrected chi connectivity index (χ0v) is 16.2. The molecule has 0 spiro atoms. The van der Waals surface area contributed by atoms with Gasteiger partial charge < -0.3 is 21.3 Å². The topological polar surface area (TPSA) is 106 Å². The van der Waals surface area contributed by atoms with Gasteiger partial charge in [-0.15, -0.1) is 0 Å². The molecule has 4 N–H and O–H groups in total. The van der Waals surface area contributed by atoms with Crippen molar-refractivity contribution >= 4 is 29.4 Å². The summed E-state index contributed by atoms with van der Waals surface area (Å²) in [5.74, 6) is 0.630. The minimum absolute atomic E-state index is 0.117. The Morgan fingerprint density at radius 3 is 2.73 bits per heavy atom. The SMILES string of the molecule is CCCc1cc(N2CCCN(C(C)=O)CC2)nc2c1C(N)C(C(N)=O)S2. The van der Waals surface area contributed by atoms with Crippen LogP contribution in [0.25, 0.3) is 0 Å². The molecule has 142 valence electrons. The predicted octanol–water partition coefficient (Wildman–Crippen LogP) is 1.05. The zero-order chi connectivity index (χ0) is 18.8. The van der Waals surface area contributed by atoms with E-state index < -0.39 is 17.2 Å². The Kier molecular flexibility index (Phi) is 5.72. The fourth-order valence-corrected chi connectivity index (χ4v) is 4.87. The molecule has 0 aliphatic carbocycles. The van der Waals surface area contributed by atoms with Crippen LogP contribution in [0.4, 0.5) is 5.82 Å². The van der Waals surface area contributed by atoms with Gasteiger partial charge in [0.1, 0.15) is 16.1 Å². The first kappa shape index (κ1) is 19.0. The number of primary amides is 1. The molecule has 7 nitrogen and oxygen atoms in total. The van der Waals surface area contributed by atoms with E-state index in [0.717, 1.165) is 60.9 Å². The Bertz CT molecular complexity index is 711. The quantitative estimate of drug-likeness (QED) is 0.812. The van der Waals surface area contributed by atoms with Crippen molar-refractivity contribution in [2.24, 2.45) is 11.5 Å². The molecule has 0 saturated carbocycles. The minimum Gasteiger partial charge on any atom is -0.369 e. The molecular formula is C18H27N5O2S. The van der Waals surface area contributed by atoms with Gasteiger partial charge in [-0.1, -0.05) is 25.1 Å². The smallest absolute Gasteiger partial charge is 0.232 e. The number of carbonyl (C=O) groups excluding carboxylic acids is 2. The lowest BCUT2D eigenvalue weighted by Gasteiger charge is -2.24. The Labute approximate surface area is 158 Å². The fourth-order valence-electron chi connectivity index (χ4n) is 3.69. The molecule has 1 aromatic rings. The van der Waals surface area contributed by atoms with Crippen molar-refractivity contribution in [1.82, 2.24) is 9.88 Å². The third kappa shape index (κ3) is 3.66. The van der Waals surface area contributed by atoms with E-state index in [-0.39, 0.29) is 5.91 Å². The third-order valence-electron chi connectivity index (χ3n) is 5.06. The maximum Gasteiger partial charge on any atom is 0.232 e. The molecule has 2 atom stereocenters. The molecule has 2 aliphatic rings. The molecule has 0 radical (unpaired) electrons. The number of hydrogen-bond donors (Lipinski definition) is 2.